The smallest absolute Gasteiger partial charge is 0.235 e. The molecule has 5 heteroatoms. The van der Waals surface area contributed by atoms with Gasteiger partial charge in [0.25, 0.3) is 0 Å². The summed E-state index contributed by atoms with van der Waals surface area (Å²) in [5.41, 5.74) is 1.29. The van der Waals surface area contributed by atoms with Gasteiger partial charge in [-0.2, -0.15) is 0 Å². The Bertz CT molecular complexity index is 469. The van der Waals surface area contributed by atoms with Gasteiger partial charge in [-0.15, -0.1) is 24.2 Å². The Hall–Kier alpha value is -0.710. The molecule has 2 atom stereocenters. The first-order chi connectivity index (χ1) is 10.6. The number of likely N-dealkylation sites (tertiary alicyclic amines) is 1. The van der Waals surface area contributed by atoms with Crippen LogP contribution in [-0.4, -0.2) is 42.7 Å². The van der Waals surface area contributed by atoms with Crippen LogP contribution in [-0.2, 0) is 10.5 Å². The first-order valence-corrected chi connectivity index (χ1v) is 9.25. The molecule has 23 heavy (non-hydrogen) atoms. The van der Waals surface area contributed by atoms with Crippen LogP contribution in [0.3, 0.4) is 0 Å². The molecule has 0 saturated carbocycles. The molecular weight excluding hydrogens is 328 g/mol. The molecule has 0 bridgehead atoms. The third kappa shape index (κ3) is 6.02. The average Bonchev–Trinajstić information content (AvgIpc) is 2.97. The highest BCUT2D eigenvalue weighted by atomic mass is 35.5. The lowest BCUT2D eigenvalue weighted by atomic mass is 10.1. The van der Waals surface area contributed by atoms with Crippen molar-refractivity contribution >= 4 is 30.1 Å². The van der Waals surface area contributed by atoms with Crippen molar-refractivity contribution in [2.45, 2.75) is 31.3 Å². The number of rotatable bonds is 7. The molecule has 1 fully saturated rings. The van der Waals surface area contributed by atoms with E-state index in [1.807, 2.05) is 13.1 Å². The molecule has 0 spiro atoms. The molecule has 1 N–H and O–H groups in total. The maximum atomic E-state index is 12.8. The lowest BCUT2D eigenvalue weighted by molar-refractivity contribution is -0.130. The van der Waals surface area contributed by atoms with Gasteiger partial charge in [-0.3, -0.25) is 4.79 Å². The van der Waals surface area contributed by atoms with Crippen molar-refractivity contribution in [2.75, 3.05) is 26.7 Å². The van der Waals surface area contributed by atoms with E-state index in [9.17, 15) is 4.79 Å². The fraction of sp³-hybridized carbons (Fsp3) is 0.611. The number of halogens is 1. The highest BCUT2D eigenvalue weighted by molar-refractivity contribution is 7.99. The summed E-state index contributed by atoms with van der Waals surface area (Å²) in [7, 11) is 1.98. The minimum Gasteiger partial charge on any atom is -0.341 e. The predicted molar refractivity (Wildman–Crippen MR) is 102 cm³/mol. The summed E-state index contributed by atoms with van der Waals surface area (Å²) < 4.78 is 0. The van der Waals surface area contributed by atoms with Crippen LogP contribution in [0.4, 0.5) is 0 Å². The second-order valence-corrected chi connectivity index (χ2v) is 7.59. The lowest BCUT2D eigenvalue weighted by Crippen LogP contribution is -2.39. The Labute approximate surface area is 151 Å². The minimum absolute atomic E-state index is 0. The van der Waals surface area contributed by atoms with Gasteiger partial charge in [-0.1, -0.05) is 44.2 Å². The van der Waals surface area contributed by atoms with Gasteiger partial charge in [-0.25, -0.2) is 0 Å². The quantitative estimate of drug-likeness (QED) is 0.812. The first kappa shape index (κ1) is 20.3. The van der Waals surface area contributed by atoms with Crippen molar-refractivity contribution in [3.8, 4) is 0 Å². The van der Waals surface area contributed by atoms with Gasteiger partial charge in [0.2, 0.25) is 5.91 Å². The monoisotopic (exact) mass is 356 g/mol. The Balaban J connectivity index is 0.00000264. The van der Waals surface area contributed by atoms with Crippen molar-refractivity contribution in [1.82, 2.24) is 10.2 Å². The normalized spacial score (nSPS) is 18.8. The molecule has 3 nitrogen and oxygen atoms in total. The molecule has 2 rings (SSSR count). The van der Waals surface area contributed by atoms with Crippen molar-refractivity contribution in [1.29, 1.82) is 0 Å². The molecule has 1 aromatic carbocycles. The summed E-state index contributed by atoms with van der Waals surface area (Å²) in [5.74, 6) is 2.21. The Kier molecular flexibility index (Phi) is 9.03. The van der Waals surface area contributed by atoms with Crippen LogP contribution in [0.15, 0.2) is 30.3 Å². The third-order valence-electron chi connectivity index (χ3n) is 4.21. The van der Waals surface area contributed by atoms with Gasteiger partial charge < -0.3 is 10.2 Å². The van der Waals surface area contributed by atoms with Gasteiger partial charge in [0.1, 0.15) is 0 Å². The van der Waals surface area contributed by atoms with E-state index in [0.717, 1.165) is 31.8 Å². The SMILES string of the molecule is CNCC1CCN(C(=O)C(SCc2ccccc2)C(C)C)C1.Cl. The Morgan fingerprint density at radius 1 is 1.35 bits per heavy atom. The van der Waals surface area contributed by atoms with Crippen molar-refractivity contribution < 1.29 is 4.79 Å². The first-order valence-electron chi connectivity index (χ1n) is 8.20. The maximum absolute atomic E-state index is 12.8. The van der Waals surface area contributed by atoms with E-state index in [2.05, 4.69) is 48.3 Å². The topological polar surface area (TPSA) is 32.3 Å². The van der Waals surface area contributed by atoms with Gasteiger partial charge in [0, 0.05) is 18.8 Å². The Morgan fingerprint density at radius 3 is 2.65 bits per heavy atom. The van der Waals surface area contributed by atoms with E-state index in [0.29, 0.717) is 17.7 Å². The molecule has 2 unspecified atom stereocenters. The summed E-state index contributed by atoms with van der Waals surface area (Å²) in [6.07, 6.45) is 1.13. The minimum atomic E-state index is 0. The number of benzene rings is 1. The third-order valence-corrected chi connectivity index (χ3v) is 5.82. The molecular formula is C18H29ClN2OS. The molecule has 1 heterocycles. The number of hydrogen-bond donors (Lipinski definition) is 1. The molecule has 1 aliphatic rings. The lowest BCUT2D eigenvalue weighted by Gasteiger charge is -2.26. The van der Waals surface area contributed by atoms with Crippen LogP contribution in [0.5, 0.6) is 0 Å². The van der Waals surface area contributed by atoms with Crippen LogP contribution < -0.4 is 5.32 Å². The summed E-state index contributed by atoms with van der Waals surface area (Å²) >= 11 is 1.79. The van der Waals surface area contributed by atoms with Crippen LogP contribution in [0, 0.1) is 11.8 Å². The highest BCUT2D eigenvalue weighted by Gasteiger charge is 2.32. The fourth-order valence-corrected chi connectivity index (χ4v) is 4.22. The molecule has 1 saturated heterocycles. The van der Waals surface area contributed by atoms with Crippen LogP contribution in [0.1, 0.15) is 25.8 Å². The van der Waals surface area contributed by atoms with Gasteiger partial charge in [0.15, 0.2) is 0 Å². The van der Waals surface area contributed by atoms with Crippen LogP contribution in [0.2, 0.25) is 0 Å². The van der Waals surface area contributed by atoms with Crippen LogP contribution in [0.25, 0.3) is 0 Å². The molecule has 1 amide bonds. The Morgan fingerprint density at radius 2 is 2.04 bits per heavy atom. The number of nitrogens with zero attached hydrogens (tertiary/aromatic N) is 1. The standard InChI is InChI=1S/C18H28N2OS.ClH/c1-14(2)17(22-13-15-7-5-4-6-8-15)18(21)20-10-9-16(12-20)11-19-3;/h4-8,14,16-17,19H,9-13H2,1-3H3;1H. The zero-order valence-corrected chi connectivity index (χ0v) is 16.0. The van der Waals surface area contributed by atoms with Crippen molar-refractivity contribution in [3.05, 3.63) is 35.9 Å². The molecule has 0 aromatic heterocycles. The van der Waals surface area contributed by atoms with E-state index in [-0.39, 0.29) is 17.7 Å². The number of carbonyl (C=O) groups is 1. The van der Waals surface area contributed by atoms with Gasteiger partial charge in [-0.05, 0) is 37.4 Å². The van der Waals surface area contributed by atoms with E-state index in [4.69, 9.17) is 0 Å². The number of hydrogen-bond acceptors (Lipinski definition) is 3. The van der Waals surface area contributed by atoms with Crippen LogP contribution >= 0.6 is 24.2 Å². The second-order valence-electron chi connectivity index (χ2n) is 6.46. The molecule has 1 aliphatic heterocycles. The van der Waals surface area contributed by atoms with E-state index in [1.54, 1.807) is 11.8 Å². The fourth-order valence-electron chi connectivity index (χ4n) is 2.98. The van der Waals surface area contributed by atoms with E-state index in [1.165, 1.54) is 5.56 Å². The second kappa shape index (κ2) is 10.2. The largest absolute Gasteiger partial charge is 0.341 e. The number of amides is 1. The average molecular weight is 357 g/mol. The maximum Gasteiger partial charge on any atom is 0.235 e. The molecule has 0 aliphatic carbocycles. The highest BCUT2D eigenvalue weighted by Crippen LogP contribution is 2.28. The molecule has 1 aromatic rings. The summed E-state index contributed by atoms with van der Waals surface area (Å²) in [4.78, 5) is 14.9. The van der Waals surface area contributed by atoms with Crippen molar-refractivity contribution in [3.63, 3.8) is 0 Å². The zero-order chi connectivity index (χ0) is 15.9. The summed E-state index contributed by atoms with van der Waals surface area (Å²) in [6, 6.07) is 10.4. The van der Waals surface area contributed by atoms with Crippen molar-refractivity contribution in [2.24, 2.45) is 11.8 Å². The number of thioether (sulfide) groups is 1. The summed E-state index contributed by atoms with van der Waals surface area (Å²) in [5, 5.41) is 3.29. The molecule has 0 radical (unpaired) electrons. The summed E-state index contributed by atoms with van der Waals surface area (Å²) in [6.45, 7) is 7.14. The van der Waals surface area contributed by atoms with Gasteiger partial charge >= 0.3 is 0 Å². The van der Waals surface area contributed by atoms with E-state index >= 15 is 0 Å². The number of carbonyl (C=O) groups excluding carboxylic acids is 1. The van der Waals surface area contributed by atoms with E-state index < -0.39 is 0 Å². The molecule has 130 valence electrons. The predicted octanol–water partition coefficient (Wildman–Crippen LogP) is 3.43. The zero-order valence-electron chi connectivity index (χ0n) is 14.3. The van der Waals surface area contributed by atoms with Gasteiger partial charge in [0.05, 0.1) is 5.25 Å². The number of nitrogens with one attached hydrogen (secondary N) is 1.